The van der Waals surface area contributed by atoms with Crippen LogP contribution in [0.5, 0.6) is 0 Å². The highest BCUT2D eigenvalue weighted by molar-refractivity contribution is 6.03. The Labute approximate surface area is 120 Å². The number of carbonyl (C=O) groups is 2. The minimum Gasteiger partial charge on any atom is -0.465 e. The van der Waals surface area contributed by atoms with Crippen molar-refractivity contribution in [1.29, 1.82) is 0 Å². The first-order valence-electron chi connectivity index (χ1n) is 6.12. The fourth-order valence-corrected chi connectivity index (χ4v) is 1.89. The summed E-state index contributed by atoms with van der Waals surface area (Å²) in [5.41, 5.74) is 1.11. The van der Waals surface area contributed by atoms with E-state index in [0.717, 1.165) is 6.07 Å². The Bertz CT molecular complexity index is 709. The van der Waals surface area contributed by atoms with E-state index in [2.05, 4.69) is 15.2 Å². The van der Waals surface area contributed by atoms with E-state index < -0.39 is 17.7 Å². The first-order chi connectivity index (χ1) is 9.92. The van der Waals surface area contributed by atoms with Gasteiger partial charge < -0.3 is 10.1 Å². The topological polar surface area (TPSA) is 73.2 Å². The van der Waals surface area contributed by atoms with Crippen molar-refractivity contribution >= 4 is 17.6 Å². The van der Waals surface area contributed by atoms with Gasteiger partial charge in [-0.05, 0) is 31.2 Å². The summed E-state index contributed by atoms with van der Waals surface area (Å²) in [6.45, 7) is 1.77. The number of nitrogens with one attached hydrogen (secondary N) is 1. The molecule has 0 aliphatic heterocycles. The minimum atomic E-state index is -0.771. The van der Waals surface area contributed by atoms with Crippen LogP contribution in [-0.4, -0.2) is 28.8 Å². The number of ether oxygens (including phenoxy) is 1. The van der Waals surface area contributed by atoms with Gasteiger partial charge in [-0.15, -0.1) is 0 Å². The summed E-state index contributed by atoms with van der Waals surface area (Å²) < 4.78 is 19.6. The van der Waals surface area contributed by atoms with E-state index in [-0.39, 0.29) is 11.3 Å². The molecule has 0 aliphatic rings. The number of nitrogens with zero attached hydrogens (tertiary/aromatic N) is 2. The highest BCUT2D eigenvalue weighted by Crippen LogP contribution is 2.16. The van der Waals surface area contributed by atoms with Crippen molar-refractivity contribution < 1.29 is 18.7 Å². The average Bonchev–Trinajstić information content (AvgIpc) is 2.77. The number of hydrogen-bond acceptors (Lipinski definition) is 4. The van der Waals surface area contributed by atoms with Gasteiger partial charge in [0.2, 0.25) is 0 Å². The van der Waals surface area contributed by atoms with Crippen LogP contribution in [-0.2, 0) is 11.8 Å². The molecule has 0 radical (unpaired) electrons. The van der Waals surface area contributed by atoms with Crippen molar-refractivity contribution in [2.45, 2.75) is 6.92 Å². The number of methoxy groups -OCH3 is 1. The number of benzene rings is 1. The summed E-state index contributed by atoms with van der Waals surface area (Å²) in [6.07, 6.45) is 0. The number of rotatable bonds is 3. The summed E-state index contributed by atoms with van der Waals surface area (Å²) in [5, 5.41) is 6.61. The fourth-order valence-electron chi connectivity index (χ4n) is 1.89. The molecule has 0 spiro atoms. The monoisotopic (exact) mass is 291 g/mol. The maximum Gasteiger partial charge on any atom is 0.340 e. The molecular formula is C14H14FN3O3. The van der Waals surface area contributed by atoms with Crippen molar-refractivity contribution in [3.63, 3.8) is 0 Å². The lowest BCUT2D eigenvalue weighted by Gasteiger charge is -2.07. The Balaban J connectivity index is 2.20. The summed E-state index contributed by atoms with van der Waals surface area (Å²) in [7, 11) is 2.81. The molecule has 0 atom stereocenters. The standard InChI is InChI=1S/C14H14FN3O3/c1-8-6-12(18(2)17-8)13(19)16-9-4-5-10(11(15)7-9)14(20)21-3/h4-7H,1-3H3,(H,16,19). The van der Waals surface area contributed by atoms with Crippen molar-refractivity contribution in [2.24, 2.45) is 7.05 Å². The van der Waals surface area contributed by atoms with Crippen LogP contribution in [0, 0.1) is 12.7 Å². The highest BCUT2D eigenvalue weighted by atomic mass is 19.1. The maximum absolute atomic E-state index is 13.8. The lowest BCUT2D eigenvalue weighted by atomic mass is 10.2. The molecule has 1 heterocycles. The summed E-state index contributed by atoms with van der Waals surface area (Å²) in [4.78, 5) is 23.3. The van der Waals surface area contributed by atoms with Crippen LogP contribution < -0.4 is 5.32 Å². The van der Waals surface area contributed by atoms with Gasteiger partial charge in [0.1, 0.15) is 11.5 Å². The lowest BCUT2D eigenvalue weighted by molar-refractivity contribution is 0.0595. The Morgan fingerprint density at radius 1 is 1.33 bits per heavy atom. The molecule has 7 heteroatoms. The molecule has 0 saturated carbocycles. The molecule has 2 aromatic rings. The number of esters is 1. The molecule has 21 heavy (non-hydrogen) atoms. The van der Waals surface area contributed by atoms with Gasteiger partial charge in [0, 0.05) is 12.7 Å². The third kappa shape index (κ3) is 3.07. The van der Waals surface area contributed by atoms with Gasteiger partial charge in [0.25, 0.3) is 5.91 Å². The number of halogens is 1. The number of carbonyl (C=O) groups excluding carboxylic acids is 2. The van der Waals surface area contributed by atoms with Crippen LogP contribution in [0.3, 0.4) is 0 Å². The van der Waals surface area contributed by atoms with Gasteiger partial charge in [-0.3, -0.25) is 9.48 Å². The fraction of sp³-hybridized carbons (Fsp3) is 0.214. The summed E-state index contributed by atoms with van der Waals surface area (Å²) in [6, 6.07) is 5.36. The van der Waals surface area contributed by atoms with E-state index in [4.69, 9.17) is 0 Å². The number of anilines is 1. The van der Waals surface area contributed by atoms with Crippen LogP contribution in [0.15, 0.2) is 24.3 Å². The number of aryl methyl sites for hydroxylation is 2. The third-order valence-corrected chi connectivity index (χ3v) is 2.87. The molecule has 0 saturated heterocycles. The zero-order valence-corrected chi connectivity index (χ0v) is 11.8. The van der Waals surface area contributed by atoms with E-state index in [1.165, 1.54) is 23.9 Å². The van der Waals surface area contributed by atoms with Crippen molar-refractivity contribution in [3.05, 3.63) is 47.0 Å². The van der Waals surface area contributed by atoms with Crippen LogP contribution in [0.4, 0.5) is 10.1 Å². The Kier molecular flexibility index (Phi) is 4.02. The quantitative estimate of drug-likeness (QED) is 0.877. The van der Waals surface area contributed by atoms with E-state index >= 15 is 0 Å². The molecule has 0 fully saturated rings. The lowest BCUT2D eigenvalue weighted by Crippen LogP contribution is -2.16. The molecule has 110 valence electrons. The van der Waals surface area contributed by atoms with Crippen molar-refractivity contribution in [1.82, 2.24) is 9.78 Å². The van der Waals surface area contributed by atoms with E-state index in [1.807, 2.05) is 0 Å². The van der Waals surface area contributed by atoms with Crippen LogP contribution in [0.25, 0.3) is 0 Å². The van der Waals surface area contributed by atoms with Gasteiger partial charge in [-0.2, -0.15) is 5.10 Å². The van der Waals surface area contributed by atoms with Gasteiger partial charge >= 0.3 is 5.97 Å². The van der Waals surface area contributed by atoms with Gasteiger partial charge in [-0.1, -0.05) is 0 Å². The minimum absolute atomic E-state index is 0.188. The van der Waals surface area contributed by atoms with E-state index in [0.29, 0.717) is 11.4 Å². The summed E-state index contributed by atoms with van der Waals surface area (Å²) in [5.74, 6) is -1.95. The molecule has 1 aromatic carbocycles. The van der Waals surface area contributed by atoms with Gasteiger partial charge in [-0.25, -0.2) is 9.18 Å². The van der Waals surface area contributed by atoms with Gasteiger partial charge in [0.15, 0.2) is 0 Å². The first kappa shape index (κ1) is 14.7. The maximum atomic E-state index is 13.8. The molecule has 0 aliphatic carbocycles. The largest absolute Gasteiger partial charge is 0.465 e. The van der Waals surface area contributed by atoms with E-state index in [1.54, 1.807) is 20.0 Å². The molecule has 6 nitrogen and oxygen atoms in total. The SMILES string of the molecule is COC(=O)c1ccc(NC(=O)c2cc(C)nn2C)cc1F. The second kappa shape index (κ2) is 5.74. The number of aromatic nitrogens is 2. The second-order valence-electron chi connectivity index (χ2n) is 4.43. The summed E-state index contributed by atoms with van der Waals surface area (Å²) >= 11 is 0. The van der Waals surface area contributed by atoms with E-state index in [9.17, 15) is 14.0 Å². The molecule has 1 amide bonds. The van der Waals surface area contributed by atoms with Crippen LogP contribution in [0.1, 0.15) is 26.5 Å². The Morgan fingerprint density at radius 2 is 2.05 bits per heavy atom. The molecule has 1 N–H and O–H groups in total. The molecule has 0 unspecified atom stereocenters. The normalized spacial score (nSPS) is 10.3. The zero-order valence-electron chi connectivity index (χ0n) is 11.8. The molecule has 1 aromatic heterocycles. The Hall–Kier alpha value is -2.70. The highest BCUT2D eigenvalue weighted by Gasteiger charge is 2.15. The Morgan fingerprint density at radius 3 is 2.57 bits per heavy atom. The first-order valence-corrected chi connectivity index (χ1v) is 6.12. The third-order valence-electron chi connectivity index (χ3n) is 2.87. The van der Waals surface area contributed by atoms with Crippen LogP contribution >= 0.6 is 0 Å². The van der Waals surface area contributed by atoms with Crippen LogP contribution in [0.2, 0.25) is 0 Å². The van der Waals surface area contributed by atoms with Crippen molar-refractivity contribution in [2.75, 3.05) is 12.4 Å². The average molecular weight is 291 g/mol. The number of amides is 1. The predicted molar refractivity (Wildman–Crippen MR) is 73.6 cm³/mol. The molecule has 2 rings (SSSR count). The number of hydrogen-bond donors (Lipinski definition) is 1. The van der Waals surface area contributed by atoms with Crippen molar-refractivity contribution in [3.8, 4) is 0 Å². The second-order valence-corrected chi connectivity index (χ2v) is 4.43. The zero-order chi connectivity index (χ0) is 15.6. The molecular weight excluding hydrogens is 277 g/mol. The van der Waals surface area contributed by atoms with Gasteiger partial charge in [0.05, 0.1) is 18.4 Å². The smallest absolute Gasteiger partial charge is 0.340 e. The molecule has 0 bridgehead atoms. The predicted octanol–water partition coefficient (Wildman–Crippen LogP) is 1.91.